The fourth-order valence-corrected chi connectivity index (χ4v) is 1.80. The SMILES string of the molecule is CC(C)N(CC(F)F)C(=O)CCc1ccc(F)cc1. The number of benzene rings is 1. The Morgan fingerprint density at radius 2 is 1.79 bits per heavy atom. The number of carbonyl (C=O) groups excluding carboxylic acids is 1. The van der Waals surface area contributed by atoms with E-state index in [4.69, 9.17) is 0 Å². The molecule has 1 amide bonds. The van der Waals surface area contributed by atoms with Gasteiger partial charge in [-0.15, -0.1) is 0 Å². The van der Waals surface area contributed by atoms with Gasteiger partial charge in [-0.25, -0.2) is 13.2 Å². The van der Waals surface area contributed by atoms with Crippen LogP contribution in [0, 0.1) is 5.82 Å². The lowest BCUT2D eigenvalue weighted by Gasteiger charge is -2.26. The van der Waals surface area contributed by atoms with Crippen molar-refractivity contribution in [1.29, 1.82) is 0 Å². The van der Waals surface area contributed by atoms with Crippen molar-refractivity contribution in [3.8, 4) is 0 Å². The predicted octanol–water partition coefficient (Wildman–Crippen LogP) is 3.26. The summed E-state index contributed by atoms with van der Waals surface area (Å²) in [5.74, 6) is -0.642. The van der Waals surface area contributed by atoms with Gasteiger partial charge in [0.15, 0.2) is 0 Å². The summed E-state index contributed by atoms with van der Waals surface area (Å²) in [5, 5.41) is 0. The van der Waals surface area contributed by atoms with Crippen molar-refractivity contribution in [2.24, 2.45) is 0 Å². The smallest absolute Gasteiger partial charge is 0.255 e. The predicted molar refractivity (Wildman–Crippen MR) is 67.6 cm³/mol. The molecule has 0 spiro atoms. The van der Waals surface area contributed by atoms with Gasteiger partial charge in [0.25, 0.3) is 6.43 Å². The number of carbonyl (C=O) groups is 1. The maximum atomic E-state index is 12.7. The molecule has 2 nitrogen and oxygen atoms in total. The Morgan fingerprint density at radius 3 is 2.26 bits per heavy atom. The maximum absolute atomic E-state index is 12.7. The van der Waals surface area contributed by atoms with E-state index in [0.29, 0.717) is 6.42 Å². The standard InChI is InChI=1S/C14H18F3NO/c1-10(2)18(9-13(16)17)14(19)8-5-11-3-6-12(15)7-4-11/h3-4,6-7,10,13H,5,8-9H2,1-2H3. The van der Waals surface area contributed by atoms with Crippen LogP contribution in [0.3, 0.4) is 0 Å². The van der Waals surface area contributed by atoms with E-state index in [0.717, 1.165) is 5.56 Å². The van der Waals surface area contributed by atoms with E-state index >= 15 is 0 Å². The summed E-state index contributed by atoms with van der Waals surface area (Å²) in [5.41, 5.74) is 0.815. The Bertz CT molecular complexity index is 404. The summed E-state index contributed by atoms with van der Waals surface area (Å²) in [6, 6.07) is 5.57. The second-order valence-corrected chi connectivity index (χ2v) is 4.66. The third-order valence-corrected chi connectivity index (χ3v) is 2.82. The lowest BCUT2D eigenvalue weighted by molar-refractivity contribution is -0.135. The maximum Gasteiger partial charge on any atom is 0.255 e. The molecule has 1 aromatic rings. The molecule has 106 valence electrons. The largest absolute Gasteiger partial charge is 0.335 e. The minimum absolute atomic E-state index is 0.149. The van der Waals surface area contributed by atoms with E-state index in [2.05, 4.69) is 0 Å². The van der Waals surface area contributed by atoms with Crippen molar-refractivity contribution >= 4 is 5.91 Å². The van der Waals surface area contributed by atoms with Crippen LogP contribution in [0.2, 0.25) is 0 Å². The lowest BCUT2D eigenvalue weighted by Crippen LogP contribution is -2.40. The third-order valence-electron chi connectivity index (χ3n) is 2.82. The normalized spacial score (nSPS) is 11.1. The number of alkyl halides is 2. The van der Waals surface area contributed by atoms with Crippen LogP contribution in [0.25, 0.3) is 0 Å². The van der Waals surface area contributed by atoms with Gasteiger partial charge in [0.1, 0.15) is 5.82 Å². The summed E-state index contributed by atoms with van der Waals surface area (Å²) >= 11 is 0. The van der Waals surface area contributed by atoms with E-state index in [1.165, 1.54) is 17.0 Å². The quantitative estimate of drug-likeness (QED) is 0.779. The number of amides is 1. The Morgan fingerprint density at radius 1 is 1.21 bits per heavy atom. The van der Waals surface area contributed by atoms with Gasteiger partial charge in [0, 0.05) is 12.5 Å². The van der Waals surface area contributed by atoms with Crippen LogP contribution in [-0.4, -0.2) is 29.8 Å². The van der Waals surface area contributed by atoms with Crippen LogP contribution in [0.1, 0.15) is 25.8 Å². The van der Waals surface area contributed by atoms with E-state index in [1.54, 1.807) is 26.0 Å². The molecule has 0 aliphatic rings. The van der Waals surface area contributed by atoms with Crippen LogP contribution in [0.5, 0.6) is 0 Å². The zero-order valence-electron chi connectivity index (χ0n) is 11.1. The Hall–Kier alpha value is -1.52. The highest BCUT2D eigenvalue weighted by molar-refractivity contribution is 5.76. The molecule has 19 heavy (non-hydrogen) atoms. The third kappa shape index (κ3) is 5.32. The number of hydrogen-bond acceptors (Lipinski definition) is 1. The second kappa shape index (κ2) is 7.16. The summed E-state index contributed by atoms with van der Waals surface area (Å²) in [4.78, 5) is 13.1. The molecule has 0 saturated carbocycles. The van der Waals surface area contributed by atoms with Gasteiger partial charge in [-0.2, -0.15) is 0 Å². The highest BCUT2D eigenvalue weighted by Crippen LogP contribution is 2.10. The number of nitrogens with zero attached hydrogens (tertiary/aromatic N) is 1. The monoisotopic (exact) mass is 273 g/mol. The fraction of sp³-hybridized carbons (Fsp3) is 0.500. The molecule has 1 aromatic carbocycles. The molecule has 0 unspecified atom stereocenters. The number of aryl methyl sites for hydroxylation is 1. The van der Waals surface area contributed by atoms with E-state index in [1.807, 2.05) is 0 Å². The van der Waals surface area contributed by atoms with Gasteiger partial charge in [-0.1, -0.05) is 12.1 Å². The van der Waals surface area contributed by atoms with Gasteiger partial charge in [-0.05, 0) is 38.0 Å². The molecule has 5 heteroatoms. The average molecular weight is 273 g/mol. The molecular weight excluding hydrogens is 255 g/mol. The van der Waals surface area contributed by atoms with Crippen molar-refractivity contribution in [2.75, 3.05) is 6.54 Å². The van der Waals surface area contributed by atoms with Crippen molar-refractivity contribution in [2.45, 2.75) is 39.2 Å². The summed E-state index contributed by atoms with van der Waals surface area (Å²) in [7, 11) is 0. The average Bonchev–Trinajstić information content (AvgIpc) is 2.34. The molecule has 0 N–H and O–H groups in total. The Balaban J connectivity index is 2.54. The van der Waals surface area contributed by atoms with Crippen LogP contribution in [0.15, 0.2) is 24.3 Å². The molecule has 0 aromatic heterocycles. The van der Waals surface area contributed by atoms with E-state index in [9.17, 15) is 18.0 Å². The van der Waals surface area contributed by atoms with Gasteiger partial charge in [0.2, 0.25) is 5.91 Å². The molecule has 0 radical (unpaired) electrons. The zero-order valence-corrected chi connectivity index (χ0v) is 11.1. The molecular formula is C14H18F3NO. The first kappa shape index (κ1) is 15.5. The fourth-order valence-electron chi connectivity index (χ4n) is 1.80. The molecule has 0 atom stereocenters. The first-order chi connectivity index (χ1) is 8.90. The topological polar surface area (TPSA) is 20.3 Å². The molecule has 0 fully saturated rings. The van der Waals surface area contributed by atoms with Crippen LogP contribution >= 0.6 is 0 Å². The van der Waals surface area contributed by atoms with Crippen molar-refractivity contribution in [3.05, 3.63) is 35.6 Å². The Labute approximate surface area is 111 Å². The zero-order chi connectivity index (χ0) is 14.4. The van der Waals surface area contributed by atoms with Gasteiger partial charge in [-0.3, -0.25) is 4.79 Å². The van der Waals surface area contributed by atoms with Crippen LogP contribution in [0.4, 0.5) is 13.2 Å². The van der Waals surface area contributed by atoms with Crippen molar-refractivity contribution in [1.82, 2.24) is 4.90 Å². The molecule has 1 rings (SSSR count). The summed E-state index contributed by atoms with van der Waals surface area (Å²) in [6.07, 6.45) is -1.96. The molecule has 0 heterocycles. The number of halogens is 3. The van der Waals surface area contributed by atoms with Crippen LogP contribution < -0.4 is 0 Å². The van der Waals surface area contributed by atoms with Gasteiger partial charge in [0.05, 0.1) is 6.54 Å². The molecule has 0 bridgehead atoms. The second-order valence-electron chi connectivity index (χ2n) is 4.66. The molecule has 0 saturated heterocycles. The van der Waals surface area contributed by atoms with Gasteiger partial charge >= 0.3 is 0 Å². The molecule has 0 aliphatic heterocycles. The summed E-state index contributed by atoms with van der Waals surface area (Å²) in [6.45, 7) is 2.87. The first-order valence-corrected chi connectivity index (χ1v) is 6.22. The highest BCUT2D eigenvalue weighted by atomic mass is 19.3. The Kier molecular flexibility index (Phi) is 5.86. The van der Waals surface area contributed by atoms with E-state index < -0.39 is 13.0 Å². The van der Waals surface area contributed by atoms with Crippen molar-refractivity contribution in [3.63, 3.8) is 0 Å². The van der Waals surface area contributed by atoms with Gasteiger partial charge < -0.3 is 4.90 Å². The molecule has 0 aliphatic carbocycles. The van der Waals surface area contributed by atoms with Crippen LogP contribution in [-0.2, 0) is 11.2 Å². The minimum Gasteiger partial charge on any atom is -0.335 e. The number of hydrogen-bond donors (Lipinski definition) is 0. The highest BCUT2D eigenvalue weighted by Gasteiger charge is 2.20. The lowest BCUT2D eigenvalue weighted by atomic mass is 10.1. The summed E-state index contributed by atoms with van der Waals surface area (Å²) < 4.78 is 37.5. The van der Waals surface area contributed by atoms with E-state index in [-0.39, 0.29) is 24.2 Å². The van der Waals surface area contributed by atoms with Crippen molar-refractivity contribution < 1.29 is 18.0 Å². The minimum atomic E-state index is -2.53. The first-order valence-electron chi connectivity index (χ1n) is 6.22. The number of rotatable bonds is 6.